The van der Waals surface area contributed by atoms with Gasteiger partial charge in [-0.05, 0) is 54.5 Å². The fourth-order valence-corrected chi connectivity index (χ4v) is 5.96. The van der Waals surface area contributed by atoms with Gasteiger partial charge in [0.2, 0.25) is 0 Å². The number of piperidine rings is 1. The van der Waals surface area contributed by atoms with Crippen molar-refractivity contribution in [2.75, 3.05) is 13.1 Å². The second-order valence-corrected chi connectivity index (χ2v) is 10.1. The zero-order valence-electron chi connectivity index (χ0n) is 21.9. The van der Waals surface area contributed by atoms with Gasteiger partial charge in [-0.1, -0.05) is 61.4 Å². The predicted octanol–water partition coefficient (Wildman–Crippen LogP) is 5.95. The standard InChI is InChI=1S/C30H33F3N2O4/c1-3-16-35-20-24-12-7-8-15-29(24,23-13-9-14-25(18-23)38-21(2)36)19-27(35)34-28(37)26(39-30(31,32)33)17-22-10-5-4-6-11-22/h3-6,9-11,13-14,17-18,24,27H,1,7-8,12,15-16,19-20H2,2H3,(H,34,37)/t24?,27-,29-/m0/s1. The van der Waals surface area contributed by atoms with Crippen LogP contribution in [0.2, 0.25) is 0 Å². The minimum atomic E-state index is -5.03. The molecular formula is C30H33F3N2O4. The Morgan fingerprint density at radius 3 is 2.62 bits per heavy atom. The van der Waals surface area contributed by atoms with Crippen molar-refractivity contribution in [1.29, 1.82) is 0 Å². The lowest BCUT2D eigenvalue weighted by Gasteiger charge is -2.54. The number of carbonyl (C=O) groups is 2. The third-order valence-corrected chi connectivity index (χ3v) is 7.54. The summed E-state index contributed by atoms with van der Waals surface area (Å²) in [7, 11) is 0. The molecule has 9 heteroatoms. The number of benzene rings is 2. The number of nitrogens with one attached hydrogen (secondary N) is 1. The smallest absolute Gasteiger partial charge is 0.427 e. The highest BCUT2D eigenvalue weighted by Gasteiger charge is 2.49. The van der Waals surface area contributed by atoms with Gasteiger partial charge in [0.1, 0.15) is 5.75 Å². The van der Waals surface area contributed by atoms with E-state index in [-0.39, 0.29) is 11.3 Å². The van der Waals surface area contributed by atoms with Gasteiger partial charge in [-0.15, -0.1) is 19.8 Å². The highest BCUT2D eigenvalue weighted by Crippen LogP contribution is 2.50. The number of hydrogen-bond acceptors (Lipinski definition) is 5. The summed E-state index contributed by atoms with van der Waals surface area (Å²) in [5, 5.41) is 2.83. The molecule has 1 amide bonds. The maximum Gasteiger partial charge on any atom is 0.573 e. The number of amides is 1. The van der Waals surface area contributed by atoms with Crippen molar-refractivity contribution in [3.63, 3.8) is 0 Å². The van der Waals surface area contributed by atoms with E-state index in [9.17, 15) is 22.8 Å². The first-order chi connectivity index (χ1) is 18.6. The van der Waals surface area contributed by atoms with E-state index in [1.165, 1.54) is 6.92 Å². The Kier molecular flexibility index (Phi) is 8.80. The summed E-state index contributed by atoms with van der Waals surface area (Å²) in [6.07, 6.45) is 1.56. The SMILES string of the molecule is C=CCN1CC2CCCC[C@@]2(c2cccc(OC(C)=O)c2)C[C@H]1NC(=O)C(=Cc1ccccc1)OC(F)(F)F. The summed E-state index contributed by atoms with van der Waals surface area (Å²) in [5.41, 5.74) is 1.05. The highest BCUT2D eigenvalue weighted by atomic mass is 19.4. The van der Waals surface area contributed by atoms with Crippen LogP contribution in [0, 0.1) is 5.92 Å². The second kappa shape index (κ2) is 12.1. The molecule has 208 valence electrons. The Balaban J connectivity index is 1.67. The van der Waals surface area contributed by atoms with Crippen LogP contribution in [0.25, 0.3) is 6.08 Å². The first-order valence-corrected chi connectivity index (χ1v) is 13.1. The number of fused-ring (bicyclic) bond motifs is 1. The molecule has 2 aliphatic rings. The summed E-state index contributed by atoms with van der Waals surface area (Å²) in [4.78, 5) is 26.9. The molecule has 0 radical (unpaired) electrons. The molecular weight excluding hydrogens is 509 g/mol. The topological polar surface area (TPSA) is 67.9 Å². The normalized spacial score (nSPS) is 23.8. The van der Waals surface area contributed by atoms with Crippen molar-refractivity contribution in [2.24, 2.45) is 5.92 Å². The molecule has 1 N–H and O–H groups in total. The van der Waals surface area contributed by atoms with Crippen molar-refractivity contribution in [3.8, 4) is 5.75 Å². The molecule has 2 aromatic rings. The fraction of sp³-hybridized carbons (Fsp3) is 0.400. The van der Waals surface area contributed by atoms with Gasteiger partial charge < -0.3 is 14.8 Å². The van der Waals surface area contributed by atoms with Gasteiger partial charge in [0.05, 0.1) is 6.17 Å². The molecule has 2 aromatic carbocycles. The van der Waals surface area contributed by atoms with E-state index in [4.69, 9.17) is 4.74 Å². The summed E-state index contributed by atoms with van der Waals surface area (Å²) < 4.78 is 49.3. The van der Waals surface area contributed by atoms with E-state index >= 15 is 0 Å². The Labute approximate surface area is 226 Å². The van der Waals surface area contributed by atoms with Gasteiger partial charge in [0.15, 0.2) is 5.76 Å². The summed E-state index contributed by atoms with van der Waals surface area (Å²) in [6.45, 7) is 6.28. The van der Waals surface area contributed by atoms with Crippen LogP contribution in [0.15, 0.2) is 73.0 Å². The molecule has 4 rings (SSSR count). The van der Waals surface area contributed by atoms with E-state index in [0.717, 1.165) is 37.3 Å². The fourth-order valence-electron chi connectivity index (χ4n) is 5.96. The zero-order chi connectivity index (χ0) is 28.0. The summed E-state index contributed by atoms with van der Waals surface area (Å²) in [5.74, 6) is -1.51. The third kappa shape index (κ3) is 7.09. The minimum Gasteiger partial charge on any atom is -0.427 e. The van der Waals surface area contributed by atoms with Gasteiger partial charge in [-0.25, -0.2) is 0 Å². The predicted molar refractivity (Wildman–Crippen MR) is 141 cm³/mol. The number of nitrogens with zero attached hydrogens (tertiary/aromatic N) is 1. The maximum atomic E-state index is 13.3. The molecule has 3 atom stereocenters. The number of halogens is 3. The first kappa shape index (κ1) is 28.4. The molecule has 6 nitrogen and oxygen atoms in total. The molecule has 1 unspecified atom stereocenters. The Morgan fingerprint density at radius 1 is 1.15 bits per heavy atom. The lowest BCUT2D eigenvalue weighted by molar-refractivity contribution is -0.304. The lowest BCUT2D eigenvalue weighted by Crippen LogP contribution is -2.61. The summed E-state index contributed by atoms with van der Waals surface area (Å²) in [6, 6.07) is 15.7. The Hall–Kier alpha value is -3.59. The number of rotatable bonds is 8. The molecule has 1 heterocycles. The lowest BCUT2D eigenvalue weighted by atomic mass is 9.58. The van der Waals surface area contributed by atoms with E-state index < -0.39 is 30.2 Å². The maximum absolute atomic E-state index is 13.3. The van der Waals surface area contributed by atoms with Crippen molar-refractivity contribution in [2.45, 2.75) is 57.0 Å². The van der Waals surface area contributed by atoms with E-state index in [0.29, 0.717) is 30.8 Å². The highest BCUT2D eigenvalue weighted by molar-refractivity contribution is 5.96. The minimum absolute atomic E-state index is 0.248. The van der Waals surface area contributed by atoms with E-state index in [1.54, 1.807) is 42.5 Å². The van der Waals surface area contributed by atoms with Gasteiger partial charge in [0.25, 0.3) is 5.91 Å². The average molecular weight is 543 g/mol. The molecule has 2 fully saturated rings. The van der Waals surface area contributed by atoms with Gasteiger partial charge in [-0.2, -0.15) is 0 Å². The van der Waals surface area contributed by atoms with E-state index in [1.807, 2.05) is 23.1 Å². The molecule has 39 heavy (non-hydrogen) atoms. The van der Waals surface area contributed by atoms with Crippen molar-refractivity contribution >= 4 is 18.0 Å². The van der Waals surface area contributed by atoms with Crippen LogP contribution in [0.3, 0.4) is 0 Å². The van der Waals surface area contributed by atoms with Crippen molar-refractivity contribution < 1.29 is 32.2 Å². The number of ether oxygens (including phenoxy) is 2. The second-order valence-electron chi connectivity index (χ2n) is 10.1. The first-order valence-electron chi connectivity index (χ1n) is 13.1. The van der Waals surface area contributed by atoms with Crippen LogP contribution in [0.4, 0.5) is 13.2 Å². The van der Waals surface area contributed by atoms with E-state index in [2.05, 4.69) is 16.6 Å². The number of esters is 1. The molecule has 0 bridgehead atoms. The average Bonchev–Trinajstić information content (AvgIpc) is 2.88. The largest absolute Gasteiger partial charge is 0.573 e. The Morgan fingerprint density at radius 2 is 1.92 bits per heavy atom. The van der Waals surface area contributed by atoms with Crippen molar-refractivity contribution in [1.82, 2.24) is 10.2 Å². The third-order valence-electron chi connectivity index (χ3n) is 7.54. The zero-order valence-corrected chi connectivity index (χ0v) is 21.9. The van der Waals surface area contributed by atoms with Crippen LogP contribution in [-0.2, 0) is 19.7 Å². The van der Waals surface area contributed by atoms with Crippen LogP contribution >= 0.6 is 0 Å². The number of hydrogen-bond donors (Lipinski definition) is 1. The van der Waals surface area contributed by atoms with Crippen LogP contribution in [0.1, 0.15) is 50.2 Å². The van der Waals surface area contributed by atoms with Gasteiger partial charge in [0, 0.05) is 25.4 Å². The van der Waals surface area contributed by atoms with Crippen LogP contribution in [-0.4, -0.2) is 42.4 Å². The molecule has 0 spiro atoms. The number of likely N-dealkylation sites (tertiary alicyclic amines) is 1. The summed E-state index contributed by atoms with van der Waals surface area (Å²) >= 11 is 0. The molecule has 1 saturated heterocycles. The van der Waals surface area contributed by atoms with Crippen LogP contribution < -0.4 is 10.1 Å². The van der Waals surface area contributed by atoms with Gasteiger partial charge in [-0.3, -0.25) is 14.5 Å². The van der Waals surface area contributed by atoms with Crippen molar-refractivity contribution in [3.05, 3.63) is 84.1 Å². The number of alkyl halides is 3. The molecule has 1 aliphatic carbocycles. The molecule has 0 aromatic heterocycles. The van der Waals surface area contributed by atoms with Crippen LogP contribution in [0.5, 0.6) is 5.75 Å². The quantitative estimate of drug-likeness (QED) is 0.147. The monoisotopic (exact) mass is 542 g/mol. The Bertz CT molecular complexity index is 1210. The molecule has 1 saturated carbocycles. The molecule has 1 aliphatic heterocycles. The number of carbonyl (C=O) groups excluding carboxylic acids is 2. The van der Waals surface area contributed by atoms with Gasteiger partial charge >= 0.3 is 12.3 Å².